The molecular formula is C19H30ClN5O2. The van der Waals surface area contributed by atoms with Gasteiger partial charge in [-0.05, 0) is 44.6 Å². The zero-order valence-electron chi connectivity index (χ0n) is 16.4. The largest absolute Gasteiger partial charge is 0.378 e. The van der Waals surface area contributed by atoms with Crippen LogP contribution in [0, 0.1) is 11.8 Å². The van der Waals surface area contributed by atoms with Gasteiger partial charge in [-0.2, -0.15) is 5.10 Å². The minimum absolute atomic E-state index is 0.189. The normalized spacial score (nSPS) is 24.8. The lowest BCUT2D eigenvalue weighted by atomic mass is 9.82. The molecule has 0 aliphatic carbocycles. The van der Waals surface area contributed by atoms with Gasteiger partial charge in [-0.3, -0.25) is 9.59 Å². The summed E-state index contributed by atoms with van der Waals surface area (Å²) in [7, 11) is 3.74. The first-order chi connectivity index (χ1) is 12.8. The maximum Gasteiger partial charge on any atom is 0.287 e. The monoisotopic (exact) mass is 395 g/mol. The van der Waals surface area contributed by atoms with Crippen LogP contribution in [0.1, 0.15) is 32.6 Å². The van der Waals surface area contributed by atoms with Crippen LogP contribution in [-0.4, -0.2) is 64.8 Å². The van der Waals surface area contributed by atoms with Crippen LogP contribution < -0.4 is 10.9 Å². The molecule has 2 fully saturated rings. The number of piperidine rings is 2. The van der Waals surface area contributed by atoms with E-state index in [-0.39, 0.29) is 22.5 Å². The molecule has 0 spiro atoms. The summed E-state index contributed by atoms with van der Waals surface area (Å²) >= 11 is 6.20. The minimum Gasteiger partial charge on any atom is -0.378 e. The third-order valence-electron chi connectivity index (χ3n) is 5.88. The fourth-order valence-corrected chi connectivity index (χ4v) is 4.73. The number of carbonyl (C=O) groups excluding carboxylic acids is 1. The topological polar surface area (TPSA) is 70.5 Å². The van der Waals surface area contributed by atoms with Crippen LogP contribution in [0.5, 0.6) is 0 Å². The fraction of sp³-hybridized carbons (Fsp3) is 0.737. The van der Waals surface area contributed by atoms with Gasteiger partial charge in [-0.25, -0.2) is 4.68 Å². The number of hydrogen-bond acceptors (Lipinski definition) is 5. The van der Waals surface area contributed by atoms with Gasteiger partial charge in [-0.1, -0.05) is 11.6 Å². The highest BCUT2D eigenvalue weighted by Gasteiger charge is 2.29. The number of nitrogens with one attached hydrogen (secondary N) is 1. The maximum absolute atomic E-state index is 12.0. The van der Waals surface area contributed by atoms with Crippen molar-refractivity contribution in [3.63, 3.8) is 0 Å². The predicted molar refractivity (Wildman–Crippen MR) is 107 cm³/mol. The SMILES string of the molecule is CC(=O)N1CCC(CC2C[C@@H](Nc3cnn(C)c(=O)c3Cl)CN(C)C2)CC1. The van der Waals surface area contributed by atoms with Crippen LogP contribution >= 0.6 is 11.6 Å². The molecule has 0 saturated carbocycles. The van der Waals surface area contributed by atoms with Crippen LogP contribution in [-0.2, 0) is 11.8 Å². The average Bonchev–Trinajstić information content (AvgIpc) is 2.62. The van der Waals surface area contributed by atoms with Crippen LogP contribution in [0.4, 0.5) is 5.69 Å². The number of aryl methyl sites for hydroxylation is 1. The van der Waals surface area contributed by atoms with Crippen molar-refractivity contribution >= 4 is 23.2 Å². The molecule has 3 rings (SSSR count). The van der Waals surface area contributed by atoms with Crippen molar-refractivity contribution in [3.8, 4) is 0 Å². The lowest BCUT2D eigenvalue weighted by molar-refractivity contribution is -0.130. The minimum atomic E-state index is -0.278. The summed E-state index contributed by atoms with van der Waals surface area (Å²) in [4.78, 5) is 27.8. The van der Waals surface area contributed by atoms with Crippen molar-refractivity contribution in [2.24, 2.45) is 18.9 Å². The van der Waals surface area contributed by atoms with Gasteiger partial charge < -0.3 is 15.1 Å². The first-order valence-electron chi connectivity index (χ1n) is 9.76. The summed E-state index contributed by atoms with van der Waals surface area (Å²) in [6, 6.07) is 0.248. The molecule has 0 bridgehead atoms. The van der Waals surface area contributed by atoms with Crippen molar-refractivity contribution in [2.75, 3.05) is 38.5 Å². The van der Waals surface area contributed by atoms with Gasteiger partial charge in [0.25, 0.3) is 5.56 Å². The second-order valence-corrected chi connectivity index (χ2v) is 8.53. The highest BCUT2D eigenvalue weighted by atomic mass is 35.5. The van der Waals surface area contributed by atoms with Crippen LogP contribution in [0.15, 0.2) is 11.0 Å². The molecule has 150 valence electrons. The van der Waals surface area contributed by atoms with Crippen molar-refractivity contribution in [3.05, 3.63) is 21.6 Å². The molecule has 2 atom stereocenters. The predicted octanol–water partition coefficient (Wildman–Crippen LogP) is 1.81. The Morgan fingerprint density at radius 2 is 1.96 bits per heavy atom. The molecule has 1 N–H and O–H groups in total. The molecule has 7 nitrogen and oxygen atoms in total. The van der Waals surface area contributed by atoms with E-state index in [4.69, 9.17) is 11.6 Å². The molecule has 0 aromatic carbocycles. The summed E-state index contributed by atoms with van der Waals surface area (Å²) in [6.45, 7) is 5.44. The molecule has 2 aliphatic rings. The Bertz CT molecular complexity index is 729. The molecule has 8 heteroatoms. The number of aromatic nitrogens is 2. The third-order valence-corrected chi connectivity index (χ3v) is 6.25. The van der Waals surface area contributed by atoms with Crippen LogP contribution in [0.25, 0.3) is 0 Å². The Balaban J connectivity index is 1.57. The molecule has 1 aromatic rings. The lowest BCUT2D eigenvalue weighted by Crippen LogP contribution is -2.45. The summed E-state index contributed by atoms with van der Waals surface area (Å²) in [5, 5.41) is 7.71. The zero-order chi connectivity index (χ0) is 19.6. The molecule has 1 amide bonds. The first-order valence-corrected chi connectivity index (χ1v) is 10.1. The van der Waals surface area contributed by atoms with E-state index in [1.54, 1.807) is 20.2 Å². The Morgan fingerprint density at radius 3 is 2.63 bits per heavy atom. The number of carbonyl (C=O) groups is 1. The fourth-order valence-electron chi connectivity index (χ4n) is 4.50. The molecular weight excluding hydrogens is 366 g/mol. The average molecular weight is 396 g/mol. The van der Waals surface area contributed by atoms with E-state index >= 15 is 0 Å². The number of halogens is 1. The van der Waals surface area contributed by atoms with Gasteiger partial charge >= 0.3 is 0 Å². The highest BCUT2D eigenvalue weighted by Crippen LogP contribution is 2.30. The van der Waals surface area contributed by atoms with Crippen molar-refractivity contribution in [2.45, 2.75) is 38.6 Å². The van der Waals surface area contributed by atoms with E-state index in [2.05, 4.69) is 22.4 Å². The summed E-state index contributed by atoms with van der Waals surface area (Å²) in [5.41, 5.74) is 0.341. The number of rotatable bonds is 4. The maximum atomic E-state index is 12.0. The van der Waals surface area contributed by atoms with Gasteiger partial charge in [0, 0.05) is 46.2 Å². The molecule has 1 aromatic heterocycles. The molecule has 27 heavy (non-hydrogen) atoms. The molecule has 2 saturated heterocycles. The van der Waals surface area contributed by atoms with Crippen LogP contribution in [0.3, 0.4) is 0 Å². The Kier molecular flexibility index (Phi) is 6.42. The second kappa shape index (κ2) is 8.61. The smallest absolute Gasteiger partial charge is 0.287 e. The number of likely N-dealkylation sites (N-methyl/N-ethyl adjacent to an activating group) is 1. The highest BCUT2D eigenvalue weighted by molar-refractivity contribution is 6.32. The van der Waals surface area contributed by atoms with E-state index in [0.717, 1.165) is 45.4 Å². The van der Waals surface area contributed by atoms with E-state index in [0.29, 0.717) is 17.5 Å². The first kappa shape index (κ1) is 20.1. The van der Waals surface area contributed by atoms with Gasteiger partial charge in [0.2, 0.25) is 5.91 Å². The molecule has 3 heterocycles. The van der Waals surface area contributed by atoms with E-state index in [1.165, 1.54) is 11.1 Å². The van der Waals surface area contributed by atoms with Gasteiger partial charge in [0.15, 0.2) is 0 Å². The van der Waals surface area contributed by atoms with E-state index in [9.17, 15) is 9.59 Å². The Morgan fingerprint density at radius 1 is 1.26 bits per heavy atom. The number of hydrogen-bond donors (Lipinski definition) is 1. The van der Waals surface area contributed by atoms with E-state index in [1.807, 2.05) is 4.90 Å². The Hall–Kier alpha value is -1.60. The standard InChI is InChI=1S/C19H30ClN5O2/c1-13(26)25-6-4-14(5-7-25)8-15-9-16(12-23(2)11-15)22-17-10-21-24(3)19(27)18(17)20/h10,14-16,22H,4-9,11-12H2,1-3H3/t15?,16-/m1/s1. The van der Waals surface area contributed by atoms with Gasteiger partial charge in [0.1, 0.15) is 5.02 Å². The summed E-state index contributed by atoms with van der Waals surface area (Å²) in [6.07, 6.45) is 6.08. The third kappa shape index (κ3) is 5.02. The van der Waals surface area contributed by atoms with Gasteiger partial charge in [-0.15, -0.1) is 0 Å². The second-order valence-electron chi connectivity index (χ2n) is 8.15. The summed E-state index contributed by atoms with van der Waals surface area (Å²) < 4.78 is 1.25. The molecule has 2 aliphatic heterocycles. The van der Waals surface area contributed by atoms with Gasteiger partial charge in [0.05, 0.1) is 11.9 Å². The van der Waals surface area contributed by atoms with Crippen molar-refractivity contribution in [1.29, 1.82) is 0 Å². The quantitative estimate of drug-likeness (QED) is 0.841. The van der Waals surface area contributed by atoms with Crippen molar-refractivity contribution in [1.82, 2.24) is 19.6 Å². The van der Waals surface area contributed by atoms with Crippen molar-refractivity contribution < 1.29 is 4.79 Å². The zero-order valence-corrected chi connectivity index (χ0v) is 17.2. The van der Waals surface area contributed by atoms with Crippen LogP contribution in [0.2, 0.25) is 5.02 Å². The lowest BCUT2D eigenvalue weighted by Gasteiger charge is -2.39. The molecule has 0 radical (unpaired) electrons. The molecule has 1 unspecified atom stereocenters. The number of amides is 1. The number of nitrogens with zero attached hydrogens (tertiary/aromatic N) is 4. The number of likely N-dealkylation sites (tertiary alicyclic amines) is 2. The Labute approximate surface area is 165 Å². The number of anilines is 1. The van der Waals surface area contributed by atoms with E-state index < -0.39 is 0 Å². The summed E-state index contributed by atoms with van der Waals surface area (Å²) in [5.74, 6) is 1.48.